The van der Waals surface area contributed by atoms with Gasteiger partial charge in [0.15, 0.2) is 0 Å². The number of amides is 1. The number of hydrogen-bond donors (Lipinski definition) is 2. The summed E-state index contributed by atoms with van der Waals surface area (Å²) in [6.45, 7) is 1.80. The quantitative estimate of drug-likeness (QED) is 0.739. The van der Waals surface area contributed by atoms with Crippen molar-refractivity contribution < 1.29 is 9.21 Å². The summed E-state index contributed by atoms with van der Waals surface area (Å²) in [5.74, 6) is 0.770. The zero-order valence-electron chi connectivity index (χ0n) is 10.6. The van der Waals surface area contributed by atoms with Gasteiger partial charge in [-0.25, -0.2) is 0 Å². The van der Waals surface area contributed by atoms with Crippen LogP contribution in [0.1, 0.15) is 17.7 Å². The van der Waals surface area contributed by atoms with Crippen LogP contribution < -0.4 is 10.6 Å². The SMILES string of the molecule is O=C(CCNCc1cccnc1)NCc1ccco1. The van der Waals surface area contributed by atoms with Gasteiger partial charge in [-0.2, -0.15) is 0 Å². The third-order valence-corrected chi connectivity index (χ3v) is 2.62. The number of pyridine rings is 1. The second kappa shape index (κ2) is 7.33. The third kappa shape index (κ3) is 4.93. The number of aromatic nitrogens is 1. The molecule has 2 aromatic heterocycles. The van der Waals surface area contributed by atoms with Crippen LogP contribution in [0.3, 0.4) is 0 Å². The van der Waals surface area contributed by atoms with Crippen molar-refractivity contribution in [3.8, 4) is 0 Å². The Morgan fingerprint density at radius 2 is 2.21 bits per heavy atom. The fourth-order valence-corrected chi connectivity index (χ4v) is 1.62. The van der Waals surface area contributed by atoms with Crippen molar-refractivity contribution in [3.63, 3.8) is 0 Å². The van der Waals surface area contributed by atoms with E-state index in [4.69, 9.17) is 4.42 Å². The van der Waals surface area contributed by atoms with Gasteiger partial charge in [0.2, 0.25) is 5.91 Å². The fourth-order valence-electron chi connectivity index (χ4n) is 1.62. The van der Waals surface area contributed by atoms with E-state index in [9.17, 15) is 4.79 Å². The van der Waals surface area contributed by atoms with Crippen molar-refractivity contribution in [1.29, 1.82) is 0 Å². The standard InChI is InChI=1S/C14H17N3O2/c18-14(17-11-13-4-2-8-19-13)5-7-16-10-12-3-1-6-15-9-12/h1-4,6,8-9,16H,5,7,10-11H2,(H,17,18). The molecule has 2 N–H and O–H groups in total. The van der Waals surface area contributed by atoms with Crippen LogP contribution in [0.4, 0.5) is 0 Å². The first-order valence-electron chi connectivity index (χ1n) is 6.23. The van der Waals surface area contributed by atoms with Crippen molar-refractivity contribution in [3.05, 3.63) is 54.2 Å². The topological polar surface area (TPSA) is 67.2 Å². The fraction of sp³-hybridized carbons (Fsp3) is 0.286. The van der Waals surface area contributed by atoms with Gasteiger partial charge in [-0.3, -0.25) is 9.78 Å². The molecule has 0 spiro atoms. The minimum atomic E-state index is 0.00934. The lowest BCUT2D eigenvalue weighted by Crippen LogP contribution is -2.27. The molecule has 0 aliphatic carbocycles. The first kappa shape index (κ1) is 13.3. The highest BCUT2D eigenvalue weighted by Crippen LogP contribution is 1.98. The van der Waals surface area contributed by atoms with Gasteiger partial charge in [0, 0.05) is 31.9 Å². The molecular formula is C14H17N3O2. The average Bonchev–Trinajstić information content (AvgIpc) is 2.96. The molecule has 0 saturated carbocycles. The minimum Gasteiger partial charge on any atom is -0.467 e. The van der Waals surface area contributed by atoms with Gasteiger partial charge < -0.3 is 15.1 Å². The number of nitrogens with one attached hydrogen (secondary N) is 2. The molecule has 0 aliphatic heterocycles. The minimum absolute atomic E-state index is 0.00934. The van der Waals surface area contributed by atoms with Gasteiger partial charge in [0.05, 0.1) is 12.8 Å². The van der Waals surface area contributed by atoms with E-state index in [1.54, 1.807) is 18.5 Å². The summed E-state index contributed by atoms with van der Waals surface area (Å²) in [6.07, 6.45) is 5.59. The largest absolute Gasteiger partial charge is 0.467 e. The van der Waals surface area contributed by atoms with Crippen molar-refractivity contribution in [2.45, 2.75) is 19.5 Å². The molecule has 0 unspecified atom stereocenters. The van der Waals surface area contributed by atoms with Crippen LogP contribution in [0.2, 0.25) is 0 Å². The van der Waals surface area contributed by atoms with Gasteiger partial charge in [0.25, 0.3) is 0 Å². The zero-order chi connectivity index (χ0) is 13.3. The van der Waals surface area contributed by atoms with E-state index in [1.165, 1.54) is 0 Å². The van der Waals surface area contributed by atoms with E-state index in [0.29, 0.717) is 19.5 Å². The molecule has 0 bridgehead atoms. The molecule has 0 aliphatic rings. The second-order valence-electron chi connectivity index (χ2n) is 4.14. The Bertz CT molecular complexity index is 483. The molecule has 2 heterocycles. The van der Waals surface area contributed by atoms with Crippen LogP contribution in [0.25, 0.3) is 0 Å². The molecule has 5 nitrogen and oxygen atoms in total. The lowest BCUT2D eigenvalue weighted by Gasteiger charge is -2.05. The zero-order valence-corrected chi connectivity index (χ0v) is 10.6. The Kier molecular flexibility index (Phi) is 5.13. The lowest BCUT2D eigenvalue weighted by molar-refractivity contribution is -0.121. The molecule has 0 radical (unpaired) electrons. The number of hydrogen-bond acceptors (Lipinski definition) is 4. The van der Waals surface area contributed by atoms with E-state index < -0.39 is 0 Å². The first-order chi connectivity index (χ1) is 9.34. The highest BCUT2D eigenvalue weighted by atomic mass is 16.3. The van der Waals surface area contributed by atoms with Crippen LogP contribution in [0.5, 0.6) is 0 Å². The predicted octanol–water partition coefficient (Wildman–Crippen LogP) is 1.47. The summed E-state index contributed by atoms with van der Waals surface area (Å²) in [6, 6.07) is 7.53. The first-order valence-corrected chi connectivity index (χ1v) is 6.23. The van der Waals surface area contributed by atoms with Crippen molar-refractivity contribution in [2.75, 3.05) is 6.54 Å². The molecule has 0 atom stereocenters. The van der Waals surface area contributed by atoms with E-state index in [0.717, 1.165) is 17.9 Å². The summed E-state index contributed by atoms with van der Waals surface area (Å²) in [5, 5.41) is 6.00. The highest BCUT2D eigenvalue weighted by Gasteiger charge is 2.02. The summed E-state index contributed by atoms with van der Waals surface area (Å²) < 4.78 is 5.13. The van der Waals surface area contributed by atoms with Crippen molar-refractivity contribution in [1.82, 2.24) is 15.6 Å². The predicted molar refractivity (Wildman–Crippen MR) is 71.1 cm³/mol. The summed E-state index contributed by atoms with van der Waals surface area (Å²) in [7, 11) is 0. The molecule has 100 valence electrons. The van der Waals surface area contributed by atoms with E-state index >= 15 is 0 Å². The summed E-state index contributed by atoms with van der Waals surface area (Å²) in [4.78, 5) is 15.6. The highest BCUT2D eigenvalue weighted by molar-refractivity contribution is 5.75. The number of carbonyl (C=O) groups is 1. The van der Waals surface area contributed by atoms with Crippen LogP contribution >= 0.6 is 0 Å². The molecular weight excluding hydrogens is 242 g/mol. The Hall–Kier alpha value is -2.14. The summed E-state index contributed by atoms with van der Waals surface area (Å²) in [5.41, 5.74) is 1.11. The molecule has 2 aromatic rings. The number of rotatable bonds is 7. The maximum absolute atomic E-state index is 11.5. The monoisotopic (exact) mass is 259 g/mol. The van der Waals surface area contributed by atoms with Crippen LogP contribution in [0.15, 0.2) is 47.3 Å². The van der Waals surface area contributed by atoms with E-state index in [2.05, 4.69) is 15.6 Å². The number of nitrogens with zero attached hydrogens (tertiary/aromatic N) is 1. The van der Waals surface area contributed by atoms with Crippen LogP contribution in [-0.4, -0.2) is 17.4 Å². The van der Waals surface area contributed by atoms with Crippen LogP contribution in [0, 0.1) is 0 Å². The van der Waals surface area contributed by atoms with E-state index in [1.807, 2.05) is 24.4 Å². The molecule has 0 saturated heterocycles. The van der Waals surface area contributed by atoms with Crippen LogP contribution in [-0.2, 0) is 17.9 Å². The van der Waals surface area contributed by atoms with Gasteiger partial charge in [-0.15, -0.1) is 0 Å². The second-order valence-corrected chi connectivity index (χ2v) is 4.14. The Labute approximate surface area is 112 Å². The van der Waals surface area contributed by atoms with Gasteiger partial charge in [-0.1, -0.05) is 6.07 Å². The number of carbonyl (C=O) groups excluding carboxylic acids is 1. The smallest absolute Gasteiger partial charge is 0.221 e. The Morgan fingerprint density at radius 1 is 1.26 bits per heavy atom. The lowest BCUT2D eigenvalue weighted by atomic mass is 10.3. The van der Waals surface area contributed by atoms with Crippen molar-refractivity contribution >= 4 is 5.91 Å². The number of furan rings is 1. The summed E-state index contributed by atoms with van der Waals surface area (Å²) >= 11 is 0. The van der Waals surface area contributed by atoms with Crippen molar-refractivity contribution in [2.24, 2.45) is 0 Å². The molecule has 19 heavy (non-hydrogen) atoms. The maximum Gasteiger partial charge on any atom is 0.221 e. The normalized spacial score (nSPS) is 10.3. The van der Waals surface area contributed by atoms with E-state index in [-0.39, 0.29) is 5.91 Å². The average molecular weight is 259 g/mol. The third-order valence-electron chi connectivity index (χ3n) is 2.62. The molecule has 0 fully saturated rings. The molecule has 5 heteroatoms. The van der Waals surface area contributed by atoms with Gasteiger partial charge in [0.1, 0.15) is 5.76 Å². The van der Waals surface area contributed by atoms with Gasteiger partial charge in [-0.05, 0) is 23.8 Å². The maximum atomic E-state index is 11.5. The molecule has 2 rings (SSSR count). The van der Waals surface area contributed by atoms with Gasteiger partial charge >= 0.3 is 0 Å². The molecule has 1 amide bonds. The Balaban J connectivity index is 1.57. The Morgan fingerprint density at radius 3 is 2.95 bits per heavy atom. The molecule has 0 aromatic carbocycles.